The van der Waals surface area contributed by atoms with E-state index in [4.69, 9.17) is 11.6 Å². The van der Waals surface area contributed by atoms with Crippen LogP contribution in [0.5, 0.6) is 5.88 Å². The molecule has 0 bridgehead atoms. The monoisotopic (exact) mass is 421 g/mol. The van der Waals surface area contributed by atoms with Gasteiger partial charge in [0.15, 0.2) is 18.2 Å². The first kappa shape index (κ1) is 20.7. The van der Waals surface area contributed by atoms with Crippen molar-refractivity contribution in [3.05, 3.63) is 49.5 Å². The Morgan fingerprint density at radius 2 is 1.74 bits per heavy atom. The van der Waals surface area contributed by atoms with Crippen LogP contribution in [0.2, 0.25) is 5.02 Å². The zero-order valence-electron chi connectivity index (χ0n) is 13.0. The van der Waals surface area contributed by atoms with Gasteiger partial charge < -0.3 is 4.74 Å². The van der Waals surface area contributed by atoms with Crippen molar-refractivity contribution in [3.63, 3.8) is 0 Å². The Kier molecular flexibility index (Phi) is 5.27. The molecular weight excluding hydrogens is 415 g/mol. The van der Waals surface area contributed by atoms with Crippen LogP contribution in [0.15, 0.2) is 21.7 Å². The average Bonchev–Trinajstić information content (AvgIpc) is 2.49. The summed E-state index contributed by atoms with van der Waals surface area (Å²) in [7, 11) is 0.663. The van der Waals surface area contributed by atoms with Gasteiger partial charge in [-0.3, -0.25) is 9.36 Å². The standard InChI is InChI=1S/C13H7ClF7N3O3/c1-23-7(13(19,20)21)3-8(25)24(11(23)26)9-6(15)2-5(14)10(22-9)27-4-12(16,17)18/h2-3H,4H2,1H3. The van der Waals surface area contributed by atoms with E-state index in [0.29, 0.717) is 13.1 Å². The Bertz CT molecular complexity index is 995. The summed E-state index contributed by atoms with van der Waals surface area (Å²) in [4.78, 5) is 27.2. The lowest BCUT2D eigenvalue weighted by Gasteiger charge is -2.15. The third-order valence-corrected chi connectivity index (χ3v) is 3.34. The Labute approximate surface area is 149 Å². The van der Waals surface area contributed by atoms with Crippen molar-refractivity contribution in [2.45, 2.75) is 12.4 Å². The third kappa shape index (κ3) is 4.40. The molecule has 0 spiro atoms. The predicted molar refractivity (Wildman–Crippen MR) is 76.6 cm³/mol. The average molecular weight is 422 g/mol. The van der Waals surface area contributed by atoms with Crippen molar-refractivity contribution in [2.75, 3.05) is 6.61 Å². The van der Waals surface area contributed by atoms with E-state index < -0.39 is 58.4 Å². The molecule has 6 nitrogen and oxygen atoms in total. The number of hydrogen-bond acceptors (Lipinski definition) is 4. The Morgan fingerprint density at radius 1 is 1.15 bits per heavy atom. The second kappa shape index (κ2) is 6.87. The zero-order valence-corrected chi connectivity index (χ0v) is 13.7. The molecule has 0 fully saturated rings. The van der Waals surface area contributed by atoms with Crippen LogP contribution in [-0.2, 0) is 13.2 Å². The predicted octanol–water partition coefficient (Wildman–Crippen LogP) is 2.68. The van der Waals surface area contributed by atoms with Crippen molar-refractivity contribution in [1.29, 1.82) is 0 Å². The number of aromatic nitrogens is 3. The van der Waals surface area contributed by atoms with E-state index in [1.54, 1.807) is 0 Å². The van der Waals surface area contributed by atoms with E-state index >= 15 is 0 Å². The number of nitrogens with zero attached hydrogens (tertiary/aromatic N) is 3. The second-order valence-electron chi connectivity index (χ2n) is 5.03. The number of pyridine rings is 1. The first-order chi connectivity index (χ1) is 12.2. The number of ether oxygens (including phenoxy) is 1. The normalized spacial score (nSPS) is 12.3. The minimum Gasteiger partial charge on any atom is -0.467 e. The van der Waals surface area contributed by atoms with E-state index in [2.05, 4.69) is 9.72 Å². The molecule has 2 aromatic rings. The van der Waals surface area contributed by atoms with Gasteiger partial charge in [-0.2, -0.15) is 31.3 Å². The topological polar surface area (TPSA) is 66.1 Å². The third-order valence-electron chi connectivity index (χ3n) is 3.07. The van der Waals surface area contributed by atoms with Crippen LogP contribution in [0.1, 0.15) is 5.69 Å². The molecule has 2 rings (SSSR count). The molecule has 0 amide bonds. The smallest absolute Gasteiger partial charge is 0.431 e. The Morgan fingerprint density at radius 3 is 2.26 bits per heavy atom. The highest BCUT2D eigenvalue weighted by atomic mass is 35.5. The summed E-state index contributed by atoms with van der Waals surface area (Å²) in [5, 5.41) is -0.711. The molecule has 27 heavy (non-hydrogen) atoms. The van der Waals surface area contributed by atoms with Crippen molar-refractivity contribution >= 4 is 11.6 Å². The lowest BCUT2D eigenvalue weighted by Crippen LogP contribution is -2.41. The summed E-state index contributed by atoms with van der Waals surface area (Å²) in [6.45, 7) is -1.87. The summed E-state index contributed by atoms with van der Waals surface area (Å²) in [5.74, 6) is -3.59. The van der Waals surface area contributed by atoms with Gasteiger partial charge in [0.05, 0.1) is 0 Å². The maximum Gasteiger partial charge on any atom is 0.431 e. The molecule has 0 radical (unpaired) electrons. The van der Waals surface area contributed by atoms with Crippen LogP contribution in [-0.4, -0.2) is 26.9 Å². The van der Waals surface area contributed by atoms with Crippen LogP contribution in [0.3, 0.4) is 0 Å². The van der Waals surface area contributed by atoms with Crippen LogP contribution < -0.4 is 16.0 Å². The molecule has 0 aliphatic heterocycles. The van der Waals surface area contributed by atoms with Gasteiger partial charge in [0, 0.05) is 19.2 Å². The van der Waals surface area contributed by atoms with Crippen molar-refractivity contribution in [2.24, 2.45) is 7.05 Å². The van der Waals surface area contributed by atoms with Crippen LogP contribution in [0.4, 0.5) is 30.7 Å². The van der Waals surface area contributed by atoms with Crippen molar-refractivity contribution < 1.29 is 35.5 Å². The quantitative estimate of drug-likeness (QED) is 0.715. The van der Waals surface area contributed by atoms with Crippen LogP contribution in [0.25, 0.3) is 5.82 Å². The largest absolute Gasteiger partial charge is 0.467 e. The number of hydrogen-bond donors (Lipinski definition) is 0. The number of halogens is 8. The fourth-order valence-electron chi connectivity index (χ4n) is 1.94. The lowest BCUT2D eigenvalue weighted by molar-refractivity contribution is -0.154. The fraction of sp³-hybridized carbons (Fsp3) is 0.308. The van der Waals surface area contributed by atoms with Gasteiger partial charge in [-0.1, -0.05) is 11.6 Å². The van der Waals surface area contributed by atoms with Crippen molar-refractivity contribution in [3.8, 4) is 11.7 Å². The summed E-state index contributed by atoms with van der Waals surface area (Å²) in [6, 6.07) is 0.409. The molecule has 0 aromatic carbocycles. The zero-order chi connectivity index (χ0) is 20.7. The van der Waals surface area contributed by atoms with Crippen LogP contribution in [0, 0.1) is 5.82 Å². The highest BCUT2D eigenvalue weighted by molar-refractivity contribution is 6.31. The fourth-order valence-corrected chi connectivity index (χ4v) is 2.13. The Hall–Kier alpha value is -2.57. The maximum atomic E-state index is 14.1. The molecule has 0 atom stereocenters. The van der Waals surface area contributed by atoms with Gasteiger partial charge in [0.2, 0.25) is 5.88 Å². The first-order valence-electron chi connectivity index (χ1n) is 6.68. The first-order valence-corrected chi connectivity index (χ1v) is 7.06. The molecule has 0 saturated heterocycles. The van der Waals surface area contributed by atoms with E-state index in [-0.39, 0.29) is 15.2 Å². The van der Waals surface area contributed by atoms with Gasteiger partial charge in [-0.05, 0) is 0 Å². The molecule has 148 valence electrons. The summed E-state index contributed by atoms with van der Waals surface area (Å²) >= 11 is 5.50. The number of rotatable bonds is 3. The summed E-state index contributed by atoms with van der Waals surface area (Å²) in [6.07, 6.45) is -9.86. The highest BCUT2D eigenvalue weighted by Gasteiger charge is 2.35. The second-order valence-corrected chi connectivity index (χ2v) is 5.43. The van der Waals surface area contributed by atoms with Crippen molar-refractivity contribution in [1.82, 2.24) is 14.1 Å². The van der Waals surface area contributed by atoms with Crippen LogP contribution >= 0.6 is 11.6 Å². The molecule has 14 heteroatoms. The SMILES string of the molecule is Cn1c(C(F)(F)F)cc(=O)n(-c2nc(OCC(F)(F)F)c(Cl)cc2F)c1=O. The molecular formula is C13H7ClF7N3O3. The van der Waals surface area contributed by atoms with E-state index in [9.17, 15) is 40.3 Å². The van der Waals surface area contributed by atoms with Gasteiger partial charge in [-0.15, -0.1) is 0 Å². The minimum atomic E-state index is -5.06. The molecule has 2 aromatic heterocycles. The summed E-state index contributed by atoms with van der Waals surface area (Å²) in [5.41, 5.74) is -4.86. The molecule has 0 aliphatic carbocycles. The van der Waals surface area contributed by atoms with Gasteiger partial charge in [0.25, 0.3) is 5.56 Å². The van der Waals surface area contributed by atoms with E-state index in [1.165, 1.54) is 0 Å². The number of alkyl halides is 6. The molecule has 0 saturated carbocycles. The van der Waals surface area contributed by atoms with Gasteiger partial charge in [0.1, 0.15) is 10.7 Å². The van der Waals surface area contributed by atoms with E-state index in [0.717, 1.165) is 0 Å². The molecule has 0 unspecified atom stereocenters. The summed E-state index contributed by atoms with van der Waals surface area (Å²) < 4.78 is 93.4. The minimum absolute atomic E-state index is 0.00731. The molecule has 2 heterocycles. The molecule has 0 aliphatic rings. The lowest BCUT2D eigenvalue weighted by atomic mass is 10.3. The van der Waals surface area contributed by atoms with E-state index in [1.807, 2.05) is 0 Å². The van der Waals surface area contributed by atoms with Gasteiger partial charge >= 0.3 is 18.0 Å². The molecule has 0 N–H and O–H groups in total. The van der Waals surface area contributed by atoms with Gasteiger partial charge in [-0.25, -0.2) is 13.8 Å². The maximum absolute atomic E-state index is 14.1. The Balaban J connectivity index is 2.67. The highest BCUT2D eigenvalue weighted by Crippen LogP contribution is 2.28.